The first-order chi connectivity index (χ1) is 15.4. The average molecular weight is 470 g/mol. The van der Waals surface area contributed by atoms with Crippen molar-refractivity contribution in [2.75, 3.05) is 5.75 Å². The number of carbonyl (C=O) groups is 1. The minimum Gasteiger partial charge on any atom is -0.353 e. The number of aromatic nitrogens is 2. The average Bonchev–Trinajstić information content (AvgIpc) is 3.16. The number of hydrogen-bond acceptors (Lipinski definition) is 5. The van der Waals surface area contributed by atoms with Gasteiger partial charge in [-0.3, -0.25) is 14.2 Å². The molecule has 0 aliphatic heterocycles. The normalized spacial score (nSPS) is 13.5. The van der Waals surface area contributed by atoms with E-state index >= 15 is 0 Å². The lowest BCUT2D eigenvalue weighted by Crippen LogP contribution is -2.35. The molecule has 0 radical (unpaired) electrons. The van der Waals surface area contributed by atoms with Gasteiger partial charge in [0, 0.05) is 10.9 Å². The molecule has 7 heteroatoms. The minimum absolute atomic E-state index is 0.00833. The van der Waals surface area contributed by atoms with Gasteiger partial charge in [0.1, 0.15) is 4.83 Å². The largest absolute Gasteiger partial charge is 0.353 e. The number of amides is 1. The van der Waals surface area contributed by atoms with Crippen LogP contribution in [-0.4, -0.2) is 27.3 Å². The minimum atomic E-state index is -0.0176. The van der Waals surface area contributed by atoms with E-state index in [-0.39, 0.29) is 23.3 Å². The summed E-state index contributed by atoms with van der Waals surface area (Å²) >= 11 is 3.00. The standard InChI is InChI=1S/C25H31N3O2S2/c1-5-17(6-2)26-21(29)14-31-25-27-23-22(18-9-7-8-10-20(18)32-23)24(30)28(25)19-13-15(3)11-12-16(19)4/h11-13,17H,5-10,14H2,1-4H3,(H,26,29). The summed E-state index contributed by atoms with van der Waals surface area (Å²) in [6, 6.07) is 6.32. The third-order valence-electron chi connectivity index (χ3n) is 6.25. The van der Waals surface area contributed by atoms with Crippen molar-refractivity contribution in [3.8, 4) is 5.69 Å². The molecule has 3 aromatic rings. The maximum absolute atomic E-state index is 13.9. The zero-order valence-electron chi connectivity index (χ0n) is 19.3. The monoisotopic (exact) mass is 469 g/mol. The molecule has 170 valence electrons. The lowest BCUT2D eigenvalue weighted by molar-refractivity contribution is -0.119. The summed E-state index contributed by atoms with van der Waals surface area (Å²) in [5, 5.41) is 4.45. The van der Waals surface area contributed by atoms with Crippen LogP contribution in [0.15, 0.2) is 28.2 Å². The summed E-state index contributed by atoms with van der Waals surface area (Å²) in [5.41, 5.74) is 4.14. The first-order valence-corrected chi connectivity index (χ1v) is 13.3. The number of hydrogen-bond donors (Lipinski definition) is 1. The van der Waals surface area contributed by atoms with E-state index < -0.39 is 0 Å². The highest BCUT2D eigenvalue weighted by molar-refractivity contribution is 7.99. The third kappa shape index (κ3) is 4.50. The maximum atomic E-state index is 13.9. The first-order valence-electron chi connectivity index (χ1n) is 11.5. The topological polar surface area (TPSA) is 64.0 Å². The summed E-state index contributed by atoms with van der Waals surface area (Å²) in [6.45, 7) is 8.20. The van der Waals surface area contributed by atoms with Crippen molar-refractivity contribution in [3.05, 3.63) is 50.1 Å². The molecule has 0 fully saturated rings. The number of nitrogens with one attached hydrogen (secondary N) is 1. The molecule has 4 rings (SSSR count). The van der Waals surface area contributed by atoms with E-state index in [2.05, 4.69) is 25.2 Å². The number of fused-ring (bicyclic) bond motifs is 3. The van der Waals surface area contributed by atoms with Crippen molar-refractivity contribution >= 4 is 39.2 Å². The fraction of sp³-hybridized carbons (Fsp3) is 0.480. The molecule has 0 saturated heterocycles. The van der Waals surface area contributed by atoms with Gasteiger partial charge in [-0.15, -0.1) is 11.3 Å². The Morgan fingerprint density at radius 2 is 1.97 bits per heavy atom. The van der Waals surface area contributed by atoms with Crippen LogP contribution in [0, 0.1) is 13.8 Å². The lowest BCUT2D eigenvalue weighted by atomic mass is 9.97. The van der Waals surface area contributed by atoms with Crippen LogP contribution < -0.4 is 10.9 Å². The second kappa shape index (κ2) is 9.79. The van der Waals surface area contributed by atoms with Gasteiger partial charge in [-0.25, -0.2) is 4.98 Å². The van der Waals surface area contributed by atoms with E-state index in [4.69, 9.17) is 4.98 Å². The van der Waals surface area contributed by atoms with Gasteiger partial charge in [-0.1, -0.05) is 37.7 Å². The number of aryl methyl sites for hydroxylation is 4. The lowest BCUT2D eigenvalue weighted by Gasteiger charge is -2.17. The molecule has 2 aromatic heterocycles. The van der Waals surface area contributed by atoms with Crippen LogP contribution >= 0.6 is 23.1 Å². The van der Waals surface area contributed by atoms with Gasteiger partial charge in [0.2, 0.25) is 5.91 Å². The number of benzene rings is 1. The van der Waals surface area contributed by atoms with Crippen LogP contribution in [0.2, 0.25) is 0 Å². The number of nitrogens with zero attached hydrogens (tertiary/aromatic N) is 2. The van der Waals surface area contributed by atoms with E-state index in [1.807, 2.05) is 26.0 Å². The van der Waals surface area contributed by atoms with Crippen LogP contribution in [-0.2, 0) is 17.6 Å². The number of thiophene rings is 1. The van der Waals surface area contributed by atoms with E-state index in [0.29, 0.717) is 5.16 Å². The van der Waals surface area contributed by atoms with Crippen molar-refractivity contribution < 1.29 is 4.79 Å². The number of rotatable bonds is 7. The fourth-order valence-electron chi connectivity index (χ4n) is 4.35. The molecule has 0 bridgehead atoms. The third-order valence-corrected chi connectivity index (χ3v) is 8.37. The van der Waals surface area contributed by atoms with Gasteiger partial charge in [0.15, 0.2) is 5.16 Å². The van der Waals surface area contributed by atoms with Gasteiger partial charge >= 0.3 is 0 Å². The van der Waals surface area contributed by atoms with Crippen LogP contribution in [0.5, 0.6) is 0 Å². The Bertz CT molecular complexity index is 1210. The van der Waals surface area contributed by atoms with E-state index in [9.17, 15) is 9.59 Å². The summed E-state index contributed by atoms with van der Waals surface area (Å²) < 4.78 is 1.74. The summed E-state index contributed by atoms with van der Waals surface area (Å²) in [7, 11) is 0. The molecule has 0 spiro atoms. The molecular formula is C25H31N3O2S2. The van der Waals surface area contributed by atoms with E-state index in [0.717, 1.165) is 59.1 Å². The first kappa shape index (κ1) is 23.1. The molecule has 5 nitrogen and oxygen atoms in total. The molecule has 1 aliphatic rings. The fourth-order valence-corrected chi connectivity index (χ4v) is 6.47. The number of thioether (sulfide) groups is 1. The van der Waals surface area contributed by atoms with Crippen LogP contribution in [0.25, 0.3) is 15.9 Å². The molecule has 1 amide bonds. The highest BCUT2D eigenvalue weighted by Crippen LogP contribution is 2.35. The SMILES string of the molecule is CCC(CC)NC(=O)CSc1nc2sc3c(c2c(=O)n1-c1cc(C)ccc1C)CCCC3. The van der Waals surface area contributed by atoms with Crippen molar-refractivity contribution in [3.63, 3.8) is 0 Å². The van der Waals surface area contributed by atoms with Crippen molar-refractivity contribution in [1.82, 2.24) is 14.9 Å². The zero-order valence-corrected chi connectivity index (χ0v) is 20.9. The number of carbonyl (C=O) groups excluding carboxylic acids is 1. The van der Waals surface area contributed by atoms with Gasteiger partial charge in [0.05, 0.1) is 16.8 Å². The highest BCUT2D eigenvalue weighted by atomic mass is 32.2. The smallest absolute Gasteiger partial charge is 0.267 e. The predicted octanol–water partition coefficient (Wildman–Crippen LogP) is 5.34. The Balaban J connectivity index is 1.81. The Morgan fingerprint density at radius 3 is 2.72 bits per heavy atom. The molecule has 1 aliphatic carbocycles. The van der Waals surface area contributed by atoms with Gasteiger partial charge < -0.3 is 5.32 Å². The molecule has 0 atom stereocenters. The highest BCUT2D eigenvalue weighted by Gasteiger charge is 2.24. The molecule has 0 saturated carbocycles. The summed E-state index contributed by atoms with van der Waals surface area (Å²) in [6.07, 6.45) is 6.08. The quantitative estimate of drug-likeness (QED) is 0.375. The van der Waals surface area contributed by atoms with Gasteiger partial charge in [0.25, 0.3) is 5.56 Å². The maximum Gasteiger partial charge on any atom is 0.267 e. The molecular weight excluding hydrogens is 438 g/mol. The summed E-state index contributed by atoms with van der Waals surface area (Å²) in [5.74, 6) is 0.223. The second-order valence-corrected chi connectivity index (χ2v) is 10.6. The molecule has 0 unspecified atom stereocenters. The van der Waals surface area contributed by atoms with Crippen LogP contribution in [0.3, 0.4) is 0 Å². The Kier molecular flexibility index (Phi) is 7.05. The summed E-state index contributed by atoms with van der Waals surface area (Å²) in [4.78, 5) is 33.5. The Morgan fingerprint density at radius 1 is 1.22 bits per heavy atom. The van der Waals surface area contributed by atoms with Gasteiger partial charge in [-0.2, -0.15) is 0 Å². The molecule has 1 N–H and O–H groups in total. The molecule has 1 aromatic carbocycles. The second-order valence-electron chi connectivity index (χ2n) is 8.59. The van der Waals surface area contributed by atoms with Crippen molar-refractivity contribution in [2.24, 2.45) is 0 Å². The van der Waals surface area contributed by atoms with E-state index in [1.165, 1.54) is 28.6 Å². The van der Waals surface area contributed by atoms with Crippen molar-refractivity contribution in [1.29, 1.82) is 0 Å². The Hall–Kier alpha value is -2.12. The van der Waals surface area contributed by atoms with Crippen LogP contribution in [0.1, 0.15) is 61.1 Å². The van der Waals surface area contributed by atoms with Crippen LogP contribution in [0.4, 0.5) is 0 Å². The van der Waals surface area contributed by atoms with Gasteiger partial charge in [-0.05, 0) is 75.1 Å². The Labute approximate surface area is 197 Å². The van der Waals surface area contributed by atoms with E-state index in [1.54, 1.807) is 15.9 Å². The van der Waals surface area contributed by atoms with Crippen molar-refractivity contribution in [2.45, 2.75) is 77.4 Å². The molecule has 32 heavy (non-hydrogen) atoms. The predicted molar refractivity (Wildman–Crippen MR) is 135 cm³/mol. The zero-order chi connectivity index (χ0) is 22.8. The molecule has 2 heterocycles.